The Hall–Kier alpha value is -1.09. The number of hydrogen-bond donors (Lipinski definition) is 1. The topological polar surface area (TPSA) is 23.5 Å². The SMILES string of the molecule is CC1CC(C)N(c2ccc(C(C)O)cc2F)C1. The highest BCUT2D eigenvalue weighted by molar-refractivity contribution is 5.51. The lowest BCUT2D eigenvalue weighted by Gasteiger charge is -2.24. The van der Waals surface area contributed by atoms with Crippen molar-refractivity contribution in [3.05, 3.63) is 29.6 Å². The average molecular weight is 237 g/mol. The van der Waals surface area contributed by atoms with E-state index < -0.39 is 6.10 Å². The van der Waals surface area contributed by atoms with Gasteiger partial charge in [-0.05, 0) is 43.9 Å². The van der Waals surface area contributed by atoms with Gasteiger partial charge in [0.15, 0.2) is 0 Å². The maximum atomic E-state index is 14.0. The second-order valence-electron chi connectivity index (χ2n) is 5.23. The van der Waals surface area contributed by atoms with Crippen molar-refractivity contribution < 1.29 is 9.50 Å². The van der Waals surface area contributed by atoms with Crippen molar-refractivity contribution in [3.8, 4) is 0 Å². The summed E-state index contributed by atoms with van der Waals surface area (Å²) >= 11 is 0. The molecular weight excluding hydrogens is 217 g/mol. The number of halogens is 1. The van der Waals surface area contributed by atoms with Gasteiger partial charge in [0, 0.05) is 12.6 Å². The van der Waals surface area contributed by atoms with Crippen LogP contribution < -0.4 is 4.90 Å². The lowest BCUT2D eigenvalue weighted by molar-refractivity contribution is 0.199. The van der Waals surface area contributed by atoms with Crippen molar-refractivity contribution >= 4 is 5.69 Å². The van der Waals surface area contributed by atoms with Crippen LogP contribution in [0, 0.1) is 11.7 Å². The van der Waals surface area contributed by atoms with Gasteiger partial charge < -0.3 is 10.0 Å². The normalized spacial score (nSPS) is 26.3. The smallest absolute Gasteiger partial charge is 0.146 e. The molecule has 3 heteroatoms. The fraction of sp³-hybridized carbons (Fsp3) is 0.571. The predicted octanol–water partition coefficient (Wildman–Crippen LogP) is 3.11. The Morgan fingerprint density at radius 1 is 1.41 bits per heavy atom. The number of nitrogens with zero attached hydrogens (tertiary/aromatic N) is 1. The summed E-state index contributed by atoms with van der Waals surface area (Å²) in [6, 6.07) is 5.41. The molecule has 1 aliphatic heterocycles. The Balaban J connectivity index is 2.28. The fourth-order valence-electron chi connectivity index (χ4n) is 2.65. The summed E-state index contributed by atoms with van der Waals surface area (Å²) in [5, 5.41) is 9.42. The molecule has 0 radical (unpaired) electrons. The summed E-state index contributed by atoms with van der Waals surface area (Å²) in [4.78, 5) is 2.12. The van der Waals surface area contributed by atoms with E-state index in [-0.39, 0.29) is 5.82 Å². The maximum absolute atomic E-state index is 14.0. The molecule has 94 valence electrons. The second kappa shape index (κ2) is 4.65. The largest absolute Gasteiger partial charge is 0.389 e. The molecule has 0 aromatic heterocycles. The van der Waals surface area contributed by atoms with E-state index in [1.165, 1.54) is 6.07 Å². The highest BCUT2D eigenvalue weighted by atomic mass is 19.1. The van der Waals surface area contributed by atoms with Gasteiger partial charge in [0.25, 0.3) is 0 Å². The van der Waals surface area contributed by atoms with Crippen LogP contribution in [0.1, 0.15) is 38.9 Å². The summed E-state index contributed by atoms with van der Waals surface area (Å²) in [5.41, 5.74) is 1.29. The van der Waals surface area contributed by atoms with Gasteiger partial charge in [-0.1, -0.05) is 13.0 Å². The van der Waals surface area contributed by atoms with E-state index >= 15 is 0 Å². The third kappa shape index (κ3) is 2.44. The van der Waals surface area contributed by atoms with Gasteiger partial charge in [-0.2, -0.15) is 0 Å². The quantitative estimate of drug-likeness (QED) is 0.854. The number of aliphatic hydroxyl groups excluding tert-OH is 1. The minimum atomic E-state index is -0.617. The van der Waals surface area contributed by atoms with Crippen molar-refractivity contribution in [1.29, 1.82) is 0 Å². The standard InChI is InChI=1S/C14H20FNO/c1-9-6-10(2)16(8-9)14-5-4-12(11(3)17)7-13(14)15/h4-5,7,9-11,17H,6,8H2,1-3H3. The molecule has 0 spiro atoms. The molecule has 0 aliphatic carbocycles. The fourth-order valence-corrected chi connectivity index (χ4v) is 2.65. The molecule has 2 nitrogen and oxygen atoms in total. The molecule has 2 rings (SSSR count). The summed E-state index contributed by atoms with van der Waals surface area (Å²) in [6.45, 7) is 6.88. The molecule has 0 saturated carbocycles. The summed E-state index contributed by atoms with van der Waals surface area (Å²) in [7, 11) is 0. The number of rotatable bonds is 2. The van der Waals surface area contributed by atoms with Crippen LogP contribution in [0.15, 0.2) is 18.2 Å². The first kappa shape index (κ1) is 12.4. The van der Waals surface area contributed by atoms with Gasteiger partial charge in [0.1, 0.15) is 5.82 Å². The van der Waals surface area contributed by atoms with E-state index in [1.54, 1.807) is 19.1 Å². The number of hydrogen-bond acceptors (Lipinski definition) is 2. The molecule has 1 fully saturated rings. The van der Waals surface area contributed by atoms with Crippen LogP contribution in [-0.2, 0) is 0 Å². The van der Waals surface area contributed by atoms with Crippen LogP contribution >= 0.6 is 0 Å². The van der Waals surface area contributed by atoms with E-state index in [9.17, 15) is 9.50 Å². The molecule has 1 heterocycles. The minimum absolute atomic E-state index is 0.232. The van der Waals surface area contributed by atoms with E-state index in [0.29, 0.717) is 23.2 Å². The van der Waals surface area contributed by atoms with Crippen molar-refractivity contribution in [1.82, 2.24) is 0 Å². The zero-order valence-corrected chi connectivity index (χ0v) is 10.7. The van der Waals surface area contributed by atoms with Crippen LogP contribution in [0.3, 0.4) is 0 Å². The number of benzene rings is 1. The first-order chi connectivity index (χ1) is 7.99. The zero-order chi connectivity index (χ0) is 12.6. The van der Waals surface area contributed by atoms with Crippen molar-refractivity contribution in [2.45, 2.75) is 39.3 Å². The van der Waals surface area contributed by atoms with Crippen molar-refractivity contribution in [2.75, 3.05) is 11.4 Å². The highest BCUT2D eigenvalue weighted by Crippen LogP contribution is 2.31. The van der Waals surface area contributed by atoms with Crippen LogP contribution in [0.25, 0.3) is 0 Å². The third-order valence-electron chi connectivity index (χ3n) is 3.55. The molecule has 1 saturated heterocycles. The Morgan fingerprint density at radius 3 is 2.59 bits per heavy atom. The molecule has 17 heavy (non-hydrogen) atoms. The lowest BCUT2D eigenvalue weighted by Crippen LogP contribution is -2.27. The Bertz CT molecular complexity index is 405. The summed E-state index contributed by atoms with van der Waals surface area (Å²) in [5.74, 6) is 0.380. The van der Waals surface area contributed by atoms with Crippen molar-refractivity contribution in [2.24, 2.45) is 5.92 Å². The van der Waals surface area contributed by atoms with Gasteiger partial charge in [-0.25, -0.2) is 4.39 Å². The molecule has 1 N–H and O–H groups in total. The Labute approximate surface area is 102 Å². The second-order valence-corrected chi connectivity index (χ2v) is 5.23. The summed E-state index contributed by atoms with van der Waals surface area (Å²) < 4.78 is 14.0. The van der Waals surface area contributed by atoms with E-state index in [0.717, 1.165) is 13.0 Å². The van der Waals surface area contributed by atoms with Crippen LogP contribution in [0.5, 0.6) is 0 Å². The average Bonchev–Trinajstić information content (AvgIpc) is 2.57. The third-order valence-corrected chi connectivity index (χ3v) is 3.55. The van der Waals surface area contributed by atoms with Gasteiger partial charge in [-0.3, -0.25) is 0 Å². The van der Waals surface area contributed by atoms with Crippen LogP contribution in [-0.4, -0.2) is 17.7 Å². The monoisotopic (exact) mass is 237 g/mol. The first-order valence-corrected chi connectivity index (χ1v) is 6.23. The van der Waals surface area contributed by atoms with Crippen molar-refractivity contribution in [3.63, 3.8) is 0 Å². The molecule has 3 atom stereocenters. The highest BCUT2D eigenvalue weighted by Gasteiger charge is 2.28. The number of aliphatic hydroxyl groups is 1. The Kier molecular flexibility index (Phi) is 3.38. The van der Waals surface area contributed by atoms with Gasteiger partial charge in [-0.15, -0.1) is 0 Å². The van der Waals surface area contributed by atoms with Gasteiger partial charge >= 0.3 is 0 Å². The lowest BCUT2D eigenvalue weighted by atomic mass is 10.1. The molecule has 0 amide bonds. The molecule has 0 bridgehead atoms. The molecular formula is C14H20FNO. The van der Waals surface area contributed by atoms with Gasteiger partial charge in [0.05, 0.1) is 11.8 Å². The maximum Gasteiger partial charge on any atom is 0.146 e. The molecule has 3 unspecified atom stereocenters. The van der Waals surface area contributed by atoms with Crippen LogP contribution in [0.2, 0.25) is 0 Å². The zero-order valence-electron chi connectivity index (χ0n) is 10.7. The Morgan fingerprint density at radius 2 is 2.12 bits per heavy atom. The minimum Gasteiger partial charge on any atom is -0.389 e. The van der Waals surface area contributed by atoms with Crippen LogP contribution in [0.4, 0.5) is 10.1 Å². The molecule has 1 aliphatic rings. The number of anilines is 1. The first-order valence-electron chi connectivity index (χ1n) is 6.23. The van der Waals surface area contributed by atoms with E-state index in [2.05, 4.69) is 18.7 Å². The molecule has 1 aromatic carbocycles. The predicted molar refractivity (Wildman–Crippen MR) is 67.6 cm³/mol. The molecule has 1 aromatic rings. The van der Waals surface area contributed by atoms with E-state index in [1.807, 2.05) is 0 Å². The van der Waals surface area contributed by atoms with Gasteiger partial charge in [0.2, 0.25) is 0 Å². The van der Waals surface area contributed by atoms with E-state index in [4.69, 9.17) is 0 Å². The summed E-state index contributed by atoms with van der Waals surface area (Å²) in [6.07, 6.45) is 0.492.